The third-order valence-corrected chi connectivity index (χ3v) is 4.17. The highest BCUT2D eigenvalue weighted by Crippen LogP contribution is 2.28. The minimum absolute atomic E-state index is 0.124. The maximum atomic E-state index is 12.6. The molecule has 116 valence electrons. The molecule has 1 aliphatic heterocycles. The number of amides is 1. The number of ether oxygens (including phenoxy) is 1. The SMILES string of the molecule is COc1ccc(C=C2C(=O)N(c3ccccc3)N=C2C)cc1Br. The zero-order valence-corrected chi connectivity index (χ0v) is 14.4. The highest BCUT2D eigenvalue weighted by Gasteiger charge is 2.28. The van der Waals surface area contributed by atoms with E-state index in [1.54, 1.807) is 7.11 Å². The average Bonchev–Trinajstić information content (AvgIpc) is 2.84. The molecule has 23 heavy (non-hydrogen) atoms. The zero-order chi connectivity index (χ0) is 16.4. The molecule has 1 aliphatic rings. The standard InChI is InChI=1S/C18H15BrN2O2/c1-12-15(10-13-8-9-17(23-2)16(19)11-13)18(22)21(20-12)14-6-4-3-5-7-14/h3-11H,1-2H3. The molecule has 2 aromatic rings. The lowest BCUT2D eigenvalue weighted by molar-refractivity contribution is -0.114. The largest absolute Gasteiger partial charge is 0.496 e. The molecular weight excluding hydrogens is 356 g/mol. The lowest BCUT2D eigenvalue weighted by Gasteiger charge is -2.11. The van der Waals surface area contributed by atoms with E-state index in [0.717, 1.165) is 21.5 Å². The first-order valence-electron chi connectivity index (χ1n) is 7.10. The van der Waals surface area contributed by atoms with E-state index in [4.69, 9.17) is 4.74 Å². The zero-order valence-electron chi connectivity index (χ0n) is 12.8. The van der Waals surface area contributed by atoms with Crippen LogP contribution in [0.1, 0.15) is 12.5 Å². The maximum Gasteiger partial charge on any atom is 0.280 e. The topological polar surface area (TPSA) is 41.9 Å². The van der Waals surface area contributed by atoms with Crippen LogP contribution in [0.3, 0.4) is 0 Å². The Morgan fingerprint density at radius 3 is 2.57 bits per heavy atom. The molecule has 0 fully saturated rings. The van der Waals surface area contributed by atoms with E-state index in [-0.39, 0.29) is 5.91 Å². The van der Waals surface area contributed by atoms with Crippen LogP contribution in [0.4, 0.5) is 5.69 Å². The Morgan fingerprint density at radius 2 is 1.91 bits per heavy atom. The van der Waals surface area contributed by atoms with Gasteiger partial charge in [-0.1, -0.05) is 24.3 Å². The summed E-state index contributed by atoms with van der Waals surface area (Å²) < 4.78 is 6.06. The summed E-state index contributed by atoms with van der Waals surface area (Å²) in [7, 11) is 1.62. The summed E-state index contributed by atoms with van der Waals surface area (Å²) in [6.45, 7) is 1.84. The normalized spacial score (nSPS) is 16.0. The lowest BCUT2D eigenvalue weighted by atomic mass is 10.1. The monoisotopic (exact) mass is 370 g/mol. The Labute approximate surface area is 143 Å². The molecule has 4 nitrogen and oxygen atoms in total. The molecule has 0 saturated carbocycles. The fourth-order valence-corrected chi connectivity index (χ4v) is 2.93. The Hall–Kier alpha value is -2.40. The van der Waals surface area contributed by atoms with E-state index in [1.165, 1.54) is 5.01 Å². The number of carbonyl (C=O) groups is 1. The van der Waals surface area contributed by atoms with Crippen LogP contribution in [0.15, 0.2) is 63.7 Å². The van der Waals surface area contributed by atoms with E-state index < -0.39 is 0 Å². The lowest BCUT2D eigenvalue weighted by Crippen LogP contribution is -2.21. The predicted octanol–water partition coefficient (Wildman–Crippen LogP) is 4.26. The second-order valence-corrected chi connectivity index (χ2v) is 5.94. The van der Waals surface area contributed by atoms with Crippen LogP contribution in [-0.2, 0) is 4.79 Å². The van der Waals surface area contributed by atoms with Crippen molar-refractivity contribution in [3.8, 4) is 5.75 Å². The molecular formula is C18H15BrN2O2. The van der Waals surface area contributed by atoms with Crippen LogP contribution in [0.25, 0.3) is 6.08 Å². The second-order valence-electron chi connectivity index (χ2n) is 5.09. The maximum absolute atomic E-state index is 12.6. The summed E-state index contributed by atoms with van der Waals surface area (Å²) in [5.74, 6) is 0.627. The fourth-order valence-electron chi connectivity index (χ4n) is 2.37. The predicted molar refractivity (Wildman–Crippen MR) is 95.7 cm³/mol. The number of hydrogen-bond acceptors (Lipinski definition) is 3. The number of rotatable bonds is 3. The summed E-state index contributed by atoms with van der Waals surface area (Å²) in [5, 5.41) is 5.80. The first-order chi connectivity index (χ1) is 11.1. The first kappa shape index (κ1) is 15.5. The second kappa shape index (κ2) is 6.38. The highest BCUT2D eigenvalue weighted by molar-refractivity contribution is 9.10. The smallest absolute Gasteiger partial charge is 0.280 e. The van der Waals surface area contributed by atoms with Crippen LogP contribution in [0.5, 0.6) is 5.75 Å². The molecule has 0 N–H and O–H groups in total. The number of halogens is 1. The summed E-state index contributed by atoms with van der Waals surface area (Å²) in [6.07, 6.45) is 1.84. The fraction of sp³-hybridized carbons (Fsp3) is 0.111. The summed E-state index contributed by atoms with van der Waals surface area (Å²) in [5.41, 5.74) is 2.96. The van der Waals surface area contributed by atoms with Gasteiger partial charge in [-0.3, -0.25) is 4.79 Å². The van der Waals surface area contributed by atoms with Gasteiger partial charge in [-0.05, 0) is 58.8 Å². The van der Waals surface area contributed by atoms with E-state index in [0.29, 0.717) is 11.3 Å². The van der Waals surface area contributed by atoms with E-state index >= 15 is 0 Å². The number of benzene rings is 2. The van der Waals surface area contributed by atoms with Crippen LogP contribution >= 0.6 is 15.9 Å². The Bertz CT molecular complexity index is 813. The molecule has 1 heterocycles. The first-order valence-corrected chi connectivity index (χ1v) is 7.90. The number of hydrogen-bond donors (Lipinski definition) is 0. The number of nitrogens with zero attached hydrogens (tertiary/aromatic N) is 2. The van der Waals surface area contributed by atoms with Crippen LogP contribution < -0.4 is 9.75 Å². The van der Waals surface area contributed by atoms with Crippen LogP contribution in [0.2, 0.25) is 0 Å². The van der Waals surface area contributed by atoms with Crippen molar-refractivity contribution >= 4 is 39.3 Å². The van der Waals surface area contributed by atoms with Crippen molar-refractivity contribution < 1.29 is 9.53 Å². The average molecular weight is 371 g/mol. The number of hydrazone groups is 1. The van der Waals surface area contributed by atoms with E-state index in [1.807, 2.05) is 61.5 Å². The molecule has 0 radical (unpaired) electrons. The van der Waals surface area contributed by atoms with E-state index in [9.17, 15) is 4.79 Å². The molecule has 2 aromatic carbocycles. The van der Waals surface area contributed by atoms with Crippen molar-refractivity contribution in [2.45, 2.75) is 6.92 Å². The molecule has 0 aromatic heterocycles. The number of anilines is 1. The van der Waals surface area contributed by atoms with Crippen molar-refractivity contribution in [3.05, 3.63) is 64.1 Å². The van der Waals surface area contributed by atoms with Gasteiger partial charge in [0.05, 0.1) is 28.6 Å². The molecule has 0 unspecified atom stereocenters. The van der Waals surface area contributed by atoms with Gasteiger partial charge in [0.2, 0.25) is 0 Å². The van der Waals surface area contributed by atoms with Gasteiger partial charge >= 0.3 is 0 Å². The summed E-state index contributed by atoms with van der Waals surface area (Å²) in [6, 6.07) is 15.1. The minimum atomic E-state index is -0.124. The van der Waals surface area contributed by atoms with Crippen molar-refractivity contribution in [2.75, 3.05) is 12.1 Å². The van der Waals surface area contributed by atoms with Crippen LogP contribution in [0, 0.1) is 0 Å². The number of carbonyl (C=O) groups excluding carboxylic acids is 1. The van der Waals surface area contributed by atoms with Crippen molar-refractivity contribution in [1.29, 1.82) is 0 Å². The summed E-state index contributed by atoms with van der Waals surface area (Å²) >= 11 is 3.46. The van der Waals surface area contributed by atoms with Crippen molar-refractivity contribution in [1.82, 2.24) is 0 Å². The molecule has 0 saturated heterocycles. The van der Waals surface area contributed by atoms with Crippen LogP contribution in [-0.4, -0.2) is 18.7 Å². The Morgan fingerprint density at radius 1 is 1.17 bits per heavy atom. The van der Waals surface area contributed by atoms with Crippen molar-refractivity contribution in [3.63, 3.8) is 0 Å². The Balaban J connectivity index is 1.94. The molecule has 5 heteroatoms. The van der Waals surface area contributed by atoms with Crippen molar-refractivity contribution in [2.24, 2.45) is 5.10 Å². The molecule has 0 spiro atoms. The van der Waals surface area contributed by atoms with E-state index in [2.05, 4.69) is 21.0 Å². The third kappa shape index (κ3) is 3.05. The highest BCUT2D eigenvalue weighted by atomic mass is 79.9. The molecule has 0 aliphatic carbocycles. The quantitative estimate of drug-likeness (QED) is 0.757. The third-order valence-electron chi connectivity index (χ3n) is 3.55. The molecule has 1 amide bonds. The minimum Gasteiger partial charge on any atom is -0.496 e. The summed E-state index contributed by atoms with van der Waals surface area (Å²) in [4.78, 5) is 12.6. The Kier molecular flexibility index (Phi) is 4.30. The van der Waals surface area contributed by atoms with Gasteiger partial charge in [-0.2, -0.15) is 10.1 Å². The van der Waals surface area contributed by atoms with Gasteiger partial charge in [0, 0.05) is 0 Å². The van der Waals surface area contributed by atoms with Gasteiger partial charge in [-0.25, -0.2) is 0 Å². The van der Waals surface area contributed by atoms with Gasteiger partial charge in [-0.15, -0.1) is 0 Å². The molecule has 3 rings (SSSR count). The van der Waals surface area contributed by atoms with Gasteiger partial charge in [0.1, 0.15) is 5.75 Å². The molecule has 0 atom stereocenters. The van der Waals surface area contributed by atoms with Gasteiger partial charge < -0.3 is 4.74 Å². The number of para-hydroxylation sites is 1. The van der Waals surface area contributed by atoms with Gasteiger partial charge in [0.15, 0.2) is 0 Å². The van der Waals surface area contributed by atoms with Gasteiger partial charge in [0.25, 0.3) is 5.91 Å². The number of methoxy groups -OCH3 is 1. The molecule has 0 bridgehead atoms.